The fourth-order valence-corrected chi connectivity index (χ4v) is 3.25. The molecular weight excluding hydrogens is 274 g/mol. The fraction of sp³-hybridized carbons (Fsp3) is 0.364. The van der Waals surface area contributed by atoms with Gasteiger partial charge in [0.1, 0.15) is 0 Å². The Morgan fingerprint density at radius 2 is 2.27 bits per heavy atom. The third-order valence-electron chi connectivity index (χ3n) is 2.21. The molecule has 0 saturated heterocycles. The SMILES string of the molecule is COCC(Br)Cc1snc2ccccc12. The standard InChI is InChI=1S/C11H12BrNOS/c1-14-7-8(12)6-11-9-4-2-3-5-10(9)13-15-11/h2-5,8H,6-7H2,1H3. The number of hydrogen-bond acceptors (Lipinski definition) is 3. The van der Waals surface area contributed by atoms with E-state index in [9.17, 15) is 0 Å². The Kier molecular flexibility index (Phi) is 3.72. The quantitative estimate of drug-likeness (QED) is 0.805. The maximum absolute atomic E-state index is 5.10. The van der Waals surface area contributed by atoms with Gasteiger partial charge < -0.3 is 4.74 Å². The maximum atomic E-state index is 5.10. The summed E-state index contributed by atoms with van der Waals surface area (Å²) in [6.07, 6.45) is 0.971. The minimum Gasteiger partial charge on any atom is -0.384 e. The van der Waals surface area contributed by atoms with Crippen molar-refractivity contribution in [2.45, 2.75) is 11.2 Å². The van der Waals surface area contributed by atoms with Gasteiger partial charge in [0.05, 0.1) is 12.1 Å². The van der Waals surface area contributed by atoms with Crippen LogP contribution in [-0.4, -0.2) is 22.9 Å². The number of fused-ring (bicyclic) bond motifs is 1. The molecule has 1 aromatic carbocycles. The van der Waals surface area contributed by atoms with Gasteiger partial charge in [-0.1, -0.05) is 34.1 Å². The van der Waals surface area contributed by atoms with Crippen LogP contribution < -0.4 is 0 Å². The average molecular weight is 286 g/mol. The van der Waals surface area contributed by atoms with E-state index in [2.05, 4.69) is 38.5 Å². The number of aromatic nitrogens is 1. The lowest BCUT2D eigenvalue weighted by molar-refractivity contribution is 0.201. The zero-order chi connectivity index (χ0) is 10.7. The summed E-state index contributed by atoms with van der Waals surface area (Å²) >= 11 is 5.18. The number of alkyl halides is 1. The van der Waals surface area contributed by atoms with Gasteiger partial charge in [0.2, 0.25) is 0 Å². The summed E-state index contributed by atoms with van der Waals surface area (Å²) in [5.41, 5.74) is 1.09. The van der Waals surface area contributed by atoms with Crippen molar-refractivity contribution in [1.29, 1.82) is 0 Å². The zero-order valence-electron chi connectivity index (χ0n) is 8.44. The number of methoxy groups -OCH3 is 1. The molecule has 1 unspecified atom stereocenters. The van der Waals surface area contributed by atoms with Crippen LogP contribution in [0.4, 0.5) is 0 Å². The molecule has 0 radical (unpaired) electrons. The van der Waals surface area contributed by atoms with Crippen LogP contribution in [0.5, 0.6) is 0 Å². The van der Waals surface area contributed by atoms with Crippen LogP contribution in [0.3, 0.4) is 0 Å². The van der Waals surface area contributed by atoms with E-state index in [1.165, 1.54) is 10.3 Å². The first-order valence-corrected chi connectivity index (χ1v) is 6.46. The van der Waals surface area contributed by atoms with Crippen molar-refractivity contribution in [3.63, 3.8) is 0 Å². The first-order valence-electron chi connectivity index (χ1n) is 4.77. The van der Waals surface area contributed by atoms with Crippen LogP contribution >= 0.6 is 27.5 Å². The second-order valence-corrected chi connectivity index (χ2v) is 5.53. The zero-order valence-corrected chi connectivity index (χ0v) is 10.8. The van der Waals surface area contributed by atoms with Crippen LogP contribution in [0.15, 0.2) is 24.3 Å². The van der Waals surface area contributed by atoms with Gasteiger partial charge in [0.15, 0.2) is 0 Å². The van der Waals surface area contributed by atoms with Gasteiger partial charge in [-0.15, -0.1) is 0 Å². The molecule has 15 heavy (non-hydrogen) atoms. The highest BCUT2D eigenvalue weighted by atomic mass is 79.9. The molecule has 0 aliphatic heterocycles. The van der Waals surface area contributed by atoms with Gasteiger partial charge >= 0.3 is 0 Å². The molecule has 0 bridgehead atoms. The Hall–Kier alpha value is -0.450. The first kappa shape index (κ1) is 11.0. The first-order chi connectivity index (χ1) is 7.31. The van der Waals surface area contributed by atoms with Crippen LogP contribution in [0.25, 0.3) is 10.9 Å². The molecule has 0 aliphatic rings. The summed E-state index contributed by atoms with van der Waals surface area (Å²) in [7, 11) is 1.72. The Balaban J connectivity index is 2.21. The average Bonchev–Trinajstić information content (AvgIpc) is 2.62. The van der Waals surface area contributed by atoms with Crippen LogP contribution in [-0.2, 0) is 11.2 Å². The molecule has 4 heteroatoms. The number of hydrogen-bond donors (Lipinski definition) is 0. The van der Waals surface area contributed by atoms with E-state index < -0.39 is 0 Å². The molecule has 0 fully saturated rings. The van der Waals surface area contributed by atoms with Gasteiger partial charge in [-0.05, 0) is 24.0 Å². The van der Waals surface area contributed by atoms with Crippen LogP contribution in [0, 0.1) is 0 Å². The summed E-state index contributed by atoms with van der Waals surface area (Å²) in [4.78, 5) is 1.69. The lowest BCUT2D eigenvalue weighted by atomic mass is 10.1. The van der Waals surface area contributed by atoms with E-state index in [1.807, 2.05) is 6.07 Å². The molecule has 2 rings (SSSR count). The fourth-order valence-electron chi connectivity index (χ4n) is 1.53. The molecule has 2 nitrogen and oxygen atoms in total. The lowest BCUT2D eigenvalue weighted by Gasteiger charge is -2.06. The highest BCUT2D eigenvalue weighted by Gasteiger charge is 2.10. The minimum absolute atomic E-state index is 0.367. The van der Waals surface area contributed by atoms with Crippen molar-refractivity contribution in [3.05, 3.63) is 29.1 Å². The molecule has 2 aromatic rings. The smallest absolute Gasteiger partial charge is 0.0843 e. The minimum atomic E-state index is 0.367. The largest absolute Gasteiger partial charge is 0.384 e. The molecule has 1 aromatic heterocycles. The van der Waals surface area contributed by atoms with Crippen molar-refractivity contribution >= 4 is 38.4 Å². The molecule has 1 atom stereocenters. The van der Waals surface area contributed by atoms with Gasteiger partial charge in [0, 0.05) is 22.2 Å². The Morgan fingerprint density at radius 3 is 3.07 bits per heavy atom. The number of halogens is 1. The van der Waals surface area contributed by atoms with Crippen molar-refractivity contribution in [1.82, 2.24) is 4.37 Å². The number of nitrogens with zero attached hydrogens (tertiary/aromatic N) is 1. The second kappa shape index (κ2) is 5.05. The maximum Gasteiger partial charge on any atom is 0.0843 e. The van der Waals surface area contributed by atoms with Crippen LogP contribution in [0.2, 0.25) is 0 Å². The number of ether oxygens (including phenoxy) is 1. The van der Waals surface area contributed by atoms with E-state index in [0.717, 1.165) is 18.5 Å². The van der Waals surface area contributed by atoms with Crippen molar-refractivity contribution in [2.24, 2.45) is 0 Å². The monoisotopic (exact) mass is 285 g/mol. The highest BCUT2D eigenvalue weighted by Crippen LogP contribution is 2.24. The summed E-state index contributed by atoms with van der Waals surface area (Å²) in [6.45, 7) is 0.728. The predicted molar refractivity (Wildman–Crippen MR) is 67.9 cm³/mol. The molecular formula is C11H12BrNOS. The number of benzene rings is 1. The summed E-state index contributed by atoms with van der Waals surface area (Å²) < 4.78 is 9.51. The van der Waals surface area contributed by atoms with Gasteiger partial charge in [-0.25, -0.2) is 0 Å². The molecule has 0 spiro atoms. The van der Waals surface area contributed by atoms with E-state index >= 15 is 0 Å². The molecule has 0 N–H and O–H groups in total. The molecule has 1 heterocycles. The topological polar surface area (TPSA) is 22.1 Å². The second-order valence-electron chi connectivity index (χ2n) is 3.38. The number of rotatable bonds is 4. The lowest BCUT2D eigenvalue weighted by Crippen LogP contribution is -2.09. The summed E-state index contributed by atoms with van der Waals surface area (Å²) in [6, 6.07) is 8.25. The van der Waals surface area contributed by atoms with Crippen molar-refractivity contribution < 1.29 is 4.74 Å². The van der Waals surface area contributed by atoms with E-state index in [-0.39, 0.29) is 0 Å². The normalized spacial score (nSPS) is 13.2. The predicted octanol–water partition coefficient (Wildman–Crippen LogP) is 3.25. The molecule has 80 valence electrons. The van der Waals surface area contributed by atoms with Crippen molar-refractivity contribution in [2.75, 3.05) is 13.7 Å². The Labute approximate surface area is 102 Å². The Morgan fingerprint density at radius 1 is 1.47 bits per heavy atom. The molecule has 0 aliphatic carbocycles. The van der Waals surface area contributed by atoms with Gasteiger partial charge in [-0.2, -0.15) is 4.37 Å². The Bertz CT molecular complexity index is 443. The molecule has 0 amide bonds. The summed E-state index contributed by atoms with van der Waals surface area (Å²) in [5.74, 6) is 0. The van der Waals surface area contributed by atoms with Crippen molar-refractivity contribution in [3.8, 4) is 0 Å². The molecule has 0 saturated carbocycles. The van der Waals surface area contributed by atoms with Gasteiger partial charge in [-0.3, -0.25) is 0 Å². The third-order valence-corrected chi connectivity index (χ3v) is 3.70. The van der Waals surface area contributed by atoms with E-state index in [4.69, 9.17) is 4.74 Å². The van der Waals surface area contributed by atoms with Crippen LogP contribution in [0.1, 0.15) is 4.88 Å². The van der Waals surface area contributed by atoms with Gasteiger partial charge in [0.25, 0.3) is 0 Å². The van der Waals surface area contributed by atoms with E-state index in [1.54, 1.807) is 18.6 Å². The highest BCUT2D eigenvalue weighted by molar-refractivity contribution is 9.09. The van der Waals surface area contributed by atoms with E-state index in [0.29, 0.717) is 4.83 Å². The third kappa shape index (κ3) is 2.56. The summed E-state index contributed by atoms with van der Waals surface area (Å²) in [5, 5.41) is 1.27.